The Kier molecular flexibility index (Phi) is 6.00. The molecule has 0 N–H and O–H groups in total. The molecule has 0 fully saturated rings. The lowest BCUT2D eigenvalue weighted by Gasteiger charge is -2.19. The Morgan fingerprint density at radius 1 is 0.938 bits per heavy atom. The summed E-state index contributed by atoms with van der Waals surface area (Å²) in [4.78, 5) is 12.5. The maximum Gasteiger partial charge on any atom is 0.338 e. The van der Waals surface area contributed by atoms with Crippen LogP contribution in [0.25, 0.3) is 11.5 Å². The first-order valence-corrected chi connectivity index (χ1v) is 11.1. The van der Waals surface area contributed by atoms with Gasteiger partial charge in [0, 0.05) is 12.6 Å². The summed E-state index contributed by atoms with van der Waals surface area (Å²) < 4.78 is 37.8. The van der Waals surface area contributed by atoms with Gasteiger partial charge in [-0.1, -0.05) is 42.5 Å². The number of anilines is 1. The van der Waals surface area contributed by atoms with Gasteiger partial charge in [0.1, 0.15) is 0 Å². The Bertz CT molecular complexity index is 1320. The molecule has 0 bridgehead atoms. The summed E-state index contributed by atoms with van der Waals surface area (Å²) in [7, 11) is -2.40. The number of rotatable bonds is 7. The van der Waals surface area contributed by atoms with Crippen LogP contribution < -0.4 is 4.31 Å². The van der Waals surface area contributed by atoms with Gasteiger partial charge in [0.25, 0.3) is 15.9 Å². The average molecular weight is 449 g/mol. The summed E-state index contributed by atoms with van der Waals surface area (Å²) in [5.74, 6) is -0.262. The van der Waals surface area contributed by atoms with Crippen molar-refractivity contribution in [2.24, 2.45) is 0 Å². The lowest BCUT2D eigenvalue weighted by Crippen LogP contribution is -2.26. The molecule has 1 heterocycles. The first-order valence-electron chi connectivity index (χ1n) is 9.64. The van der Waals surface area contributed by atoms with E-state index in [0.717, 1.165) is 9.87 Å². The number of para-hydroxylation sites is 1. The predicted molar refractivity (Wildman–Crippen MR) is 117 cm³/mol. The van der Waals surface area contributed by atoms with Crippen molar-refractivity contribution >= 4 is 21.7 Å². The van der Waals surface area contributed by atoms with E-state index < -0.39 is 16.0 Å². The highest BCUT2D eigenvalue weighted by atomic mass is 32.2. The molecule has 0 aliphatic heterocycles. The standard InChI is InChI=1S/C23H19N3O5S/c1-26(19-12-6-3-7-13-19)32(28,29)20-14-8-11-18(15-20)23(27)30-16-21-24-25-22(31-21)17-9-4-2-5-10-17/h2-15H,16H2,1H3. The van der Waals surface area contributed by atoms with Crippen molar-refractivity contribution < 1.29 is 22.4 Å². The number of hydrogen-bond donors (Lipinski definition) is 0. The number of sulfonamides is 1. The third-order valence-electron chi connectivity index (χ3n) is 4.66. The van der Waals surface area contributed by atoms with E-state index in [9.17, 15) is 13.2 Å². The molecule has 0 aliphatic carbocycles. The number of aromatic nitrogens is 2. The summed E-state index contributed by atoms with van der Waals surface area (Å²) in [5, 5.41) is 7.81. The minimum atomic E-state index is -3.86. The number of carbonyl (C=O) groups is 1. The Morgan fingerprint density at radius 3 is 2.34 bits per heavy atom. The van der Waals surface area contributed by atoms with Gasteiger partial charge in [-0.3, -0.25) is 4.31 Å². The van der Waals surface area contributed by atoms with Crippen molar-refractivity contribution in [3.8, 4) is 11.5 Å². The Balaban J connectivity index is 1.46. The van der Waals surface area contributed by atoms with Crippen molar-refractivity contribution in [3.05, 3.63) is 96.4 Å². The molecule has 0 radical (unpaired) electrons. The molecule has 0 amide bonds. The zero-order chi connectivity index (χ0) is 22.6. The monoisotopic (exact) mass is 449 g/mol. The van der Waals surface area contributed by atoms with Gasteiger partial charge in [0.05, 0.1) is 16.1 Å². The molecule has 0 atom stereocenters. The van der Waals surface area contributed by atoms with Crippen LogP contribution in [0.15, 0.2) is 94.2 Å². The molecule has 32 heavy (non-hydrogen) atoms. The minimum Gasteiger partial charge on any atom is -0.452 e. The quantitative estimate of drug-likeness (QED) is 0.394. The highest BCUT2D eigenvalue weighted by Crippen LogP contribution is 2.23. The van der Waals surface area contributed by atoms with Crippen molar-refractivity contribution in [2.75, 3.05) is 11.4 Å². The van der Waals surface area contributed by atoms with E-state index >= 15 is 0 Å². The van der Waals surface area contributed by atoms with Gasteiger partial charge in [-0.25, -0.2) is 13.2 Å². The second kappa shape index (κ2) is 9.03. The largest absolute Gasteiger partial charge is 0.452 e. The van der Waals surface area contributed by atoms with Crippen LogP contribution in [0.5, 0.6) is 0 Å². The fourth-order valence-electron chi connectivity index (χ4n) is 2.94. The number of carbonyl (C=O) groups excluding carboxylic acids is 1. The first-order chi connectivity index (χ1) is 15.4. The molecule has 3 aromatic carbocycles. The summed E-state index contributed by atoms with van der Waals surface area (Å²) in [6, 6.07) is 23.5. The van der Waals surface area contributed by atoms with E-state index in [0.29, 0.717) is 11.6 Å². The highest BCUT2D eigenvalue weighted by molar-refractivity contribution is 7.92. The molecular weight excluding hydrogens is 430 g/mol. The van der Waals surface area contributed by atoms with Gasteiger partial charge in [-0.2, -0.15) is 0 Å². The molecule has 0 saturated heterocycles. The van der Waals surface area contributed by atoms with E-state index in [-0.39, 0.29) is 23.0 Å². The Hall–Kier alpha value is -3.98. The smallest absolute Gasteiger partial charge is 0.338 e. The molecule has 0 saturated carbocycles. The molecule has 8 nitrogen and oxygen atoms in total. The number of benzene rings is 3. The number of hydrogen-bond acceptors (Lipinski definition) is 7. The average Bonchev–Trinajstić information content (AvgIpc) is 3.32. The van der Waals surface area contributed by atoms with Crippen LogP contribution >= 0.6 is 0 Å². The Morgan fingerprint density at radius 2 is 1.62 bits per heavy atom. The van der Waals surface area contributed by atoms with Gasteiger partial charge in [-0.05, 0) is 42.5 Å². The van der Waals surface area contributed by atoms with Crippen LogP contribution in [-0.2, 0) is 21.4 Å². The summed E-state index contributed by atoms with van der Waals surface area (Å²) in [6.07, 6.45) is 0. The number of esters is 1. The van der Waals surface area contributed by atoms with E-state index in [1.54, 1.807) is 30.3 Å². The molecule has 4 rings (SSSR count). The van der Waals surface area contributed by atoms with Crippen molar-refractivity contribution in [3.63, 3.8) is 0 Å². The third kappa shape index (κ3) is 4.52. The molecule has 0 spiro atoms. The summed E-state index contributed by atoms with van der Waals surface area (Å²) in [5.41, 5.74) is 1.35. The Labute approximate surface area is 185 Å². The third-order valence-corrected chi connectivity index (χ3v) is 6.44. The first kappa shape index (κ1) is 21.3. The van der Waals surface area contributed by atoms with Crippen LogP contribution in [0, 0.1) is 0 Å². The fourth-order valence-corrected chi connectivity index (χ4v) is 4.18. The van der Waals surface area contributed by atoms with Gasteiger partial charge >= 0.3 is 5.97 Å². The second-order valence-electron chi connectivity index (χ2n) is 6.78. The fraction of sp³-hybridized carbons (Fsp3) is 0.0870. The van der Waals surface area contributed by atoms with Crippen LogP contribution in [0.4, 0.5) is 5.69 Å². The topological polar surface area (TPSA) is 103 Å². The van der Waals surface area contributed by atoms with Crippen LogP contribution in [-0.4, -0.2) is 31.6 Å². The molecule has 0 unspecified atom stereocenters. The molecule has 162 valence electrons. The lowest BCUT2D eigenvalue weighted by molar-refractivity contribution is 0.0438. The predicted octanol–water partition coefficient (Wildman–Crippen LogP) is 3.92. The second-order valence-corrected chi connectivity index (χ2v) is 8.75. The minimum absolute atomic E-state index is 0.0255. The van der Waals surface area contributed by atoms with Crippen molar-refractivity contribution in [1.29, 1.82) is 0 Å². The van der Waals surface area contributed by atoms with E-state index in [2.05, 4.69) is 10.2 Å². The number of ether oxygens (including phenoxy) is 1. The summed E-state index contributed by atoms with van der Waals surface area (Å²) >= 11 is 0. The van der Waals surface area contributed by atoms with Crippen LogP contribution in [0.3, 0.4) is 0 Å². The van der Waals surface area contributed by atoms with Gasteiger partial charge in [0.15, 0.2) is 6.61 Å². The number of nitrogens with zero attached hydrogens (tertiary/aromatic N) is 3. The maximum absolute atomic E-state index is 13.0. The van der Waals surface area contributed by atoms with Gasteiger partial charge in [0.2, 0.25) is 5.89 Å². The highest BCUT2D eigenvalue weighted by Gasteiger charge is 2.23. The van der Waals surface area contributed by atoms with E-state index in [1.165, 1.54) is 31.3 Å². The molecule has 0 aliphatic rings. The van der Waals surface area contributed by atoms with Crippen molar-refractivity contribution in [1.82, 2.24) is 10.2 Å². The van der Waals surface area contributed by atoms with Crippen LogP contribution in [0.2, 0.25) is 0 Å². The maximum atomic E-state index is 13.0. The van der Waals surface area contributed by atoms with E-state index in [4.69, 9.17) is 9.15 Å². The zero-order valence-electron chi connectivity index (χ0n) is 17.1. The van der Waals surface area contributed by atoms with Gasteiger partial charge < -0.3 is 9.15 Å². The van der Waals surface area contributed by atoms with Gasteiger partial charge in [-0.15, -0.1) is 10.2 Å². The summed E-state index contributed by atoms with van der Waals surface area (Å²) in [6.45, 7) is -0.237. The van der Waals surface area contributed by atoms with Crippen molar-refractivity contribution in [2.45, 2.75) is 11.5 Å². The molecule has 1 aromatic heterocycles. The van der Waals surface area contributed by atoms with E-state index in [1.807, 2.05) is 30.3 Å². The lowest BCUT2D eigenvalue weighted by atomic mass is 10.2. The molecular formula is C23H19N3O5S. The SMILES string of the molecule is CN(c1ccccc1)S(=O)(=O)c1cccc(C(=O)OCc2nnc(-c3ccccc3)o2)c1. The normalized spacial score (nSPS) is 11.2. The zero-order valence-corrected chi connectivity index (χ0v) is 17.9. The molecule has 9 heteroatoms. The van der Waals surface area contributed by atoms with Crippen LogP contribution in [0.1, 0.15) is 16.2 Å². The molecule has 4 aromatic rings.